The SMILES string of the molecule is CCNC(=O)[C@@H](CC)N(Cc1cccc(OC)c1)C(=O)CN(c1ccccc1)S(C)(=O)=O. The summed E-state index contributed by atoms with van der Waals surface area (Å²) >= 11 is 0. The van der Waals surface area contributed by atoms with Crippen LogP contribution in [0.25, 0.3) is 0 Å². The van der Waals surface area contributed by atoms with Crippen molar-refractivity contribution in [2.45, 2.75) is 32.9 Å². The fourth-order valence-corrected chi connectivity index (χ4v) is 4.24. The average molecular weight is 462 g/mol. The molecular formula is C23H31N3O5S. The molecule has 0 bridgehead atoms. The van der Waals surface area contributed by atoms with Crippen molar-refractivity contribution in [3.63, 3.8) is 0 Å². The largest absolute Gasteiger partial charge is 0.497 e. The van der Waals surface area contributed by atoms with Gasteiger partial charge in [-0.25, -0.2) is 8.42 Å². The van der Waals surface area contributed by atoms with E-state index in [4.69, 9.17) is 4.74 Å². The Morgan fingerprint density at radius 1 is 1.06 bits per heavy atom. The molecule has 0 spiro atoms. The van der Waals surface area contributed by atoms with Crippen LogP contribution >= 0.6 is 0 Å². The molecule has 2 aromatic rings. The van der Waals surface area contributed by atoms with E-state index in [9.17, 15) is 18.0 Å². The van der Waals surface area contributed by atoms with Crippen LogP contribution in [-0.2, 0) is 26.2 Å². The topological polar surface area (TPSA) is 96.0 Å². The van der Waals surface area contributed by atoms with Crippen LogP contribution in [0.15, 0.2) is 54.6 Å². The second kappa shape index (κ2) is 11.5. The number of nitrogens with one attached hydrogen (secondary N) is 1. The van der Waals surface area contributed by atoms with Crippen molar-refractivity contribution < 1.29 is 22.7 Å². The lowest BCUT2D eigenvalue weighted by molar-refractivity contribution is -0.140. The summed E-state index contributed by atoms with van der Waals surface area (Å²) in [5.41, 5.74) is 1.15. The molecule has 0 heterocycles. The fraction of sp³-hybridized carbons (Fsp3) is 0.391. The molecule has 0 aliphatic carbocycles. The first kappa shape index (κ1) is 25.2. The van der Waals surface area contributed by atoms with Crippen molar-refractivity contribution in [3.8, 4) is 5.75 Å². The quantitative estimate of drug-likeness (QED) is 0.554. The molecule has 0 aliphatic heterocycles. The summed E-state index contributed by atoms with van der Waals surface area (Å²) in [6, 6.07) is 14.9. The number of sulfonamides is 1. The van der Waals surface area contributed by atoms with Crippen molar-refractivity contribution >= 4 is 27.5 Å². The van der Waals surface area contributed by atoms with Crippen molar-refractivity contribution in [1.82, 2.24) is 10.2 Å². The minimum atomic E-state index is -3.73. The van der Waals surface area contributed by atoms with Crippen molar-refractivity contribution in [3.05, 3.63) is 60.2 Å². The number of carbonyl (C=O) groups is 2. The van der Waals surface area contributed by atoms with E-state index >= 15 is 0 Å². The summed E-state index contributed by atoms with van der Waals surface area (Å²) in [6.07, 6.45) is 1.44. The zero-order valence-corrected chi connectivity index (χ0v) is 19.8. The van der Waals surface area contributed by atoms with E-state index in [0.29, 0.717) is 24.4 Å². The minimum absolute atomic E-state index is 0.137. The van der Waals surface area contributed by atoms with Crippen LogP contribution in [0.3, 0.4) is 0 Å². The third-order valence-corrected chi connectivity index (χ3v) is 6.09. The Morgan fingerprint density at radius 2 is 1.75 bits per heavy atom. The third kappa shape index (κ3) is 6.71. The Kier molecular flexibility index (Phi) is 9.07. The number of nitrogens with zero attached hydrogens (tertiary/aromatic N) is 2. The number of ether oxygens (including phenoxy) is 1. The standard InChI is InChI=1S/C23H31N3O5S/c1-5-21(23(28)24-6-2)25(16-18-11-10-14-20(15-18)31-3)22(27)17-26(32(4,29)30)19-12-8-7-9-13-19/h7-15,21H,5-6,16-17H2,1-4H3,(H,24,28)/t21-/m1/s1. The number of amides is 2. The monoisotopic (exact) mass is 461 g/mol. The molecular weight excluding hydrogens is 430 g/mol. The molecule has 0 aromatic heterocycles. The van der Waals surface area contributed by atoms with Gasteiger partial charge in [0, 0.05) is 13.1 Å². The van der Waals surface area contributed by atoms with Crippen LogP contribution in [0, 0.1) is 0 Å². The number of hydrogen-bond acceptors (Lipinski definition) is 5. The Balaban J connectivity index is 2.41. The lowest BCUT2D eigenvalue weighted by Gasteiger charge is -2.32. The maximum absolute atomic E-state index is 13.5. The van der Waals surface area contributed by atoms with E-state index in [2.05, 4.69) is 5.32 Å². The first-order valence-electron chi connectivity index (χ1n) is 10.4. The van der Waals surface area contributed by atoms with E-state index < -0.39 is 28.5 Å². The van der Waals surface area contributed by atoms with Crippen LogP contribution in [0.5, 0.6) is 5.75 Å². The molecule has 0 aliphatic rings. The molecule has 2 rings (SSSR count). The summed E-state index contributed by atoms with van der Waals surface area (Å²) < 4.78 is 31.3. The summed E-state index contributed by atoms with van der Waals surface area (Å²) in [6.45, 7) is 3.77. The van der Waals surface area contributed by atoms with Gasteiger partial charge in [-0.15, -0.1) is 0 Å². The van der Waals surface area contributed by atoms with Gasteiger partial charge in [0.2, 0.25) is 21.8 Å². The number of carbonyl (C=O) groups excluding carboxylic acids is 2. The van der Waals surface area contributed by atoms with Crippen molar-refractivity contribution in [2.75, 3.05) is 30.8 Å². The number of para-hydroxylation sites is 1. The molecule has 174 valence electrons. The number of anilines is 1. The highest BCUT2D eigenvalue weighted by atomic mass is 32.2. The highest BCUT2D eigenvalue weighted by Gasteiger charge is 2.31. The van der Waals surface area contributed by atoms with Gasteiger partial charge in [0.1, 0.15) is 18.3 Å². The summed E-state index contributed by atoms with van der Waals surface area (Å²) in [7, 11) is -2.18. The van der Waals surface area contributed by atoms with Gasteiger partial charge in [0.25, 0.3) is 0 Å². The van der Waals surface area contributed by atoms with E-state index in [-0.39, 0.29) is 12.5 Å². The normalized spacial score (nSPS) is 12.0. The number of methoxy groups -OCH3 is 1. The number of benzene rings is 2. The molecule has 8 nitrogen and oxygen atoms in total. The second-order valence-electron chi connectivity index (χ2n) is 7.30. The van der Waals surface area contributed by atoms with Crippen LogP contribution in [-0.4, -0.2) is 57.6 Å². The van der Waals surface area contributed by atoms with Gasteiger partial charge in [0.05, 0.1) is 19.1 Å². The lowest BCUT2D eigenvalue weighted by atomic mass is 10.1. The first-order valence-corrected chi connectivity index (χ1v) is 12.3. The van der Waals surface area contributed by atoms with Crippen molar-refractivity contribution in [1.29, 1.82) is 0 Å². The summed E-state index contributed by atoms with van der Waals surface area (Å²) in [4.78, 5) is 27.6. The number of rotatable bonds is 11. The predicted molar refractivity (Wildman–Crippen MR) is 125 cm³/mol. The maximum atomic E-state index is 13.5. The molecule has 0 radical (unpaired) electrons. The Bertz CT molecular complexity index is 1010. The average Bonchev–Trinajstić information content (AvgIpc) is 2.77. The van der Waals surface area contributed by atoms with Crippen LogP contribution in [0.1, 0.15) is 25.8 Å². The Morgan fingerprint density at radius 3 is 2.31 bits per heavy atom. The van der Waals surface area contributed by atoms with Gasteiger partial charge in [-0.2, -0.15) is 0 Å². The zero-order chi connectivity index (χ0) is 23.7. The van der Waals surface area contributed by atoms with Crippen LogP contribution in [0.2, 0.25) is 0 Å². The van der Waals surface area contributed by atoms with Gasteiger partial charge in [-0.3, -0.25) is 13.9 Å². The van der Waals surface area contributed by atoms with Gasteiger partial charge in [-0.1, -0.05) is 37.3 Å². The fourth-order valence-electron chi connectivity index (χ4n) is 3.39. The second-order valence-corrected chi connectivity index (χ2v) is 9.20. The summed E-state index contributed by atoms with van der Waals surface area (Å²) in [5.74, 6) is -0.125. The minimum Gasteiger partial charge on any atom is -0.497 e. The smallest absolute Gasteiger partial charge is 0.244 e. The molecule has 1 N–H and O–H groups in total. The number of likely N-dealkylation sites (N-methyl/N-ethyl adjacent to an activating group) is 1. The summed E-state index contributed by atoms with van der Waals surface area (Å²) in [5, 5.41) is 2.77. The van der Waals surface area contributed by atoms with Gasteiger partial charge >= 0.3 is 0 Å². The zero-order valence-electron chi connectivity index (χ0n) is 18.9. The number of hydrogen-bond donors (Lipinski definition) is 1. The van der Waals surface area contributed by atoms with Gasteiger partial charge < -0.3 is 15.0 Å². The molecule has 1 atom stereocenters. The van der Waals surface area contributed by atoms with Crippen LogP contribution in [0.4, 0.5) is 5.69 Å². The first-order chi connectivity index (χ1) is 15.2. The molecule has 2 aromatic carbocycles. The molecule has 0 saturated heterocycles. The molecule has 2 amide bonds. The molecule has 0 saturated carbocycles. The third-order valence-electron chi connectivity index (χ3n) is 4.95. The van der Waals surface area contributed by atoms with Gasteiger partial charge in [-0.05, 0) is 43.2 Å². The van der Waals surface area contributed by atoms with E-state index in [0.717, 1.165) is 16.1 Å². The Labute approximate surface area is 190 Å². The highest BCUT2D eigenvalue weighted by molar-refractivity contribution is 7.92. The molecule has 9 heteroatoms. The maximum Gasteiger partial charge on any atom is 0.244 e. The highest BCUT2D eigenvalue weighted by Crippen LogP contribution is 2.20. The van der Waals surface area contributed by atoms with E-state index in [1.165, 1.54) is 4.90 Å². The van der Waals surface area contributed by atoms with Crippen LogP contribution < -0.4 is 14.4 Å². The molecule has 32 heavy (non-hydrogen) atoms. The Hall–Kier alpha value is -3.07. The molecule has 0 fully saturated rings. The van der Waals surface area contributed by atoms with E-state index in [1.54, 1.807) is 62.6 Å². The van der Waals surface area contributed by atoms with Crippen molar-refractivity contribution in [2.24, 2.45) is 0 Å². The van der Waals surface area contributed by atoms with Gasteiger partial charge in [0.15, 0.2) is 0 Å². The lowest BCUT2D eigenvalue weighted by Crippen LogP contribution is -2.52. The molecule has 0 unspecified atom stereocenters. The van der Waals surface area contributed by atoms with E-state index in [1.807, 2.05) is 13.0 Å². The predicted octanol–water partition coefficient (Wildman–Crippen LogP) is 2.40.